The summed E-state index contributed by atoms with van der Waals surface area (Å²) in [7, 11) is 0. The molecule has 1 amide bonds. The fourth-order valence-corrected chi connectivity index (χ4v) is 2.74. The van der Waals surface area contributed by atoms with Crippen LogP contribution in [0, 0.1) is 12.7 Å². The van der Waals surface area contributed by atoms with Gasteiger partial charge in [0.2, 0.25) is 0 Å². The molecule has 1 N–H and O–H groups in total. The van der Waals surface area contributed by atoms with E-state index in [-0.39, 0.29) is 17.8 Å². The molecule has 2 heterocycles. The van der Waals surface area contributed by atoms with Crippen LogP contribution >= 0.6 is 0 Å². The summed E-state index contributed by atoms with van der Waals surface area (Å²) in [5.41, 5.74) is 2.12. The first-order valence-corrected chi connectivity index (χ1v) is 6.75. The molecule has 1 saturated heterocycles. The molecule has 1 aromatic heterocycles. The summed E-state index contributed by atoms with van der Waals surface area (Å²) in [6, 6.07) is 4.47. The second-order valence-corrected chi connectivity index (χ2v) is 5.25. The standard InChI is InChI=1S/C15H17FN2O2/c1-9-8-18(5-6-20-9)15(19)14-10(2)17-13-4-3-11(16)7-12(13)14/h3-4,7,9,17H,5-6,8H2,1-2H3. The van der Waals surface area contributed by atoms with Gasteiger partial charge in [-0.1, -0.05) is 0 Å². The Morgan fingerprint density at radius 3 is 3.05 bits per heavy atom. The highest BCUT2D eigenvalue weighted by Crippen LogP contribution is 2.25. The maximum Gasteiger partial charge on any atom is 0.256 e. The summed E-state index contributed by atoms with van der Waals surface area (Å²) in [6.45, 7) is 5.48. The Morgan fingerprint density at radius 1 is 1.50 bits per heavy atom. The van der Waals surface area contributed by atoms with E-state index in [9.17, 15) is 9.18 Å². The Bertz CT molecular complexity index is 665. The molecule has 3 rings (SSSR count). The molecule has 0 aliphatic carbocycles. The van der Waals surface area contributed by atoms with Crippen LogP contribution in [0.2, 0.25) is 0 Å². The third kappa shape index (κ3) is 2.18. The Morgan fingerprint density at radius 2 is 2.30 bits per heavy atom. The van der Waals surface area contributed by atoms with E-state index in [2.05, 4.69) is 4.98 Å². The number of aromatic nitrogens is 1. The van der Waals surface area contributed by atoms with Gasteiger partial charge in [-0.05, 0) is 32.0 Å². The first-order chi connectivity index (χ1) is 9.56. The van der Waals surface area contributed by atoms with Gasteiger partial charge in [-0.15, -0.1) is 0 Å². The van der Waals surface area contributed by atoms with Gasteiger partial charge in [0.25, 0.3) is 5.91 Å². The Balaban J connectivity index is 2.02. The molecule has 20 heavy (non-hydrogen) atoms. The number of nitrogens with one attached hydrogen (secondary N) is 1. The van der Waals surface area contributed by atoms with Crippen LogP contribution < -0.4 is 0 Å². The lowest BCUT2D eigenvalue weighted by Gasteiger charge is -2.31. The molecular formula is C15H17FN2O2. The van der Waals surface area contributed by atoms with E-state index in [0.717, 1.165) is 11.2 Å². The number of carbonyl (C=O) groups is 1. The maximum absolute atomic E-state index is 13.4. The van der Waals surface area contributed by atoms with Crippen LogP contribution in [0.15, 0.2) is 18.2 Å². The van der Waals surface area contributed by atoms with E-state index in [1.54, 1.807) is 11.0 Å². The van der Waals surface area contributed by atoms with Crippen LogP contribution in [0.25, 0.3) is 10.9 Å². The third-order valence-electron chi connectivity index (χ3n) is 3.69. The summed E-state index contributed by atoms with van der Waals surface area (Å²) in [5.74, 6) is -0.393. The zero-order valence-corrected chi connectivity index (χ0v) is 11.6. The molecular weight excluding hydrogens is 259 g/mol. The average Bonchev–Trinajstić information content (AvgIpc) is 2.73. The van der Waals surface area contributed by atoms with E-state index in [1.807, 2.05) is 13.8 Å². The number of carbonyl (C=O) groups excluding carboxylic acids is 1. The van der Waals surface area contributed by atoms with Crippen molar-refractivity contribution in [1.29, 1.82) is 0 Å². The molecule has 106 valence electrons. The van der Waals surface area contributed by atoms with E-state index >= 15 is 0 Å². The number of hydrogen-bond donors (Lipinski definition) is 1. The smallest absolute Gasteiger partial charge is 0.256 e. The molecule has 1 atom stereocenters. The molecule has 2 aromatic rings. The number of ether oxygens (including phenoxy) is 1. The van der Waals surface area contributed by atoms with E-state index < -0.39 is 0 Å². The molecule has 1 unspecified atom stereocenters. The summed E-state index contributed by atoms with van der Waals surface area (Å²) >= 11 is 0. The highest BCUT2D eigenvalue weighted by atomic mass is 19.1. The van der Waals surface area contributed by atoms with Crippen molar-refractivity contribution < 1.29 is 13.9 Å². The number of benzene rings is 1. The number of nitrogens with zero attached hydrogens (tertiary/aromatic N) is 1. The van der Waals surface area contributed by atoms with Crippen molar-refractivity contribution in [3.05, 3.63) is 35.3 Å². The fraction of sp³-hybridized carbons (Fsp3) is 0.400. The van der Waals surface area contributed by atoms with Crippen molar-refractivity contribution in [1.82, 2.24) is 9.88 Å². The minimum absolute atomic E-state index is 0.0370. The second kappa shape index (κ2) is 4.90. The molecule has 0 bridgehead atoms. The van der Waals surface area contributed by atoms with Crippen molar-refractivity contribution in [2.75, 3.05) is 19.7 Å². The first kappa shape index (κ1) is 13.1. The first-order valence-electron chi connectivity index (χ1n) is 6.75. The second-order valence-electron chi connectivity index (χ2n) is 5.25. The predicted octanol–water partition coefficient (Wildman–Crippen LogP) is 2.48. The largest absolute Gasteiger partial charge is 0.375 e. The molecule has 0 saturated carbocycles. The Kier molecular flexibility index (Phi) is 3.22. The number of aromatic amines is 1. The number of halogens is 1. The molecule has 1 aliphatic rings. The van der Waals surface area contributed by atoms with Gasteiger partial charge in [0.15, 0.2) is 0 Å². The lowest BCUT2D eigenvalue weighted by atomic mass is 10.1. The van der Waals surface area contributed by atoms with Crippen molar-refractivity contribution in [2.45, 2.75) is 20.0 Å². The average molecular weight is 276 g/mol. The van der Waals surface area contributed by atoms with Crippen LogP contribution in [-0.2, 0) is 4.74 Å². The van der Waals surface area contributed by atoms with Crippen molar-refractivity contribution in [3.63, 3.8) is 0 Å². The van der Waals surface area contributed by atoms with Gasteiger partial charge in [-0.3, -0.25) is 4.79 Å². The predicted molar refractivity (Wildman–Crippen MR) is 74.3 cm³/mol. The van der Waals surface area contributed by atoms with Crippen molar-refractivity contribution >= 4 is 16.8 Å². The van der Waals surface area contributed by atoms with Gasteiger partial charge in [0, 0.05) is 29.7 Å². The summed E-state index contributed by atoms with van der Waals surface area (Å²) in [6.07, 6.45) is 0.0370. The van der Waals surface area contributed by atoms with Crippen LogP contribution in [0.1, 0.15) is 23.0 Å². The highest BCUT2D eigenvalue weighted by molar-refractivity contribution is 6.08. The topological polar surface area (TPSA) is 45.3 Å². The molecule has 1 fully saturated rings. The van der Waals surface area contributed by atoms with Crippen LogP contribution in [-0.4, -0.2) is 41.6 Å². The summed E-state index contributed by atoms with van der Waals surface area (Å²) in [5, 5.41) is 0.645. The number of aryl methyl sites for hydroxylation is 1. The zero-order chi connectivity index (χ0) is 14.3. The Labute approximate surface area is 116 Å². The van der Waals surface area contributed by atoms with Gasteiger partial charge in [-0.25, -0.2) is 4.39 Å². The minimum Gasteiger partial charge on any atom is -0.375 e. The number of amides is 1. The van der Waals surface area contributed by atoms with Gasteiger partial charge < -0.3 is 14.6 Å². The molecule has 0 radical (unpaired) electrons. The van der Waals surface area contributed by atoms with Gasteiger partial charge in [-0.2, -0.15) is 0 Å². The number of hydrogen-bond acceptors (Lipinski definition) is 2. The molecule has 4 nitrogen and oxygen atoms in total. The SMILES string of the molecule is Cc1[nH]c2ccc(F)cc2c1C(=O)N1CCOC(C)C1. The van der Waals surface area contributed by atoms with Gasteiger partial charge in [0.1, 0.15) is 5.82 Å². The van der Waals surface area contributed by atoms with E-state index in [4.69, 9.17) is 4.74 Å². The molecule has 5 heteroatoms. The third-order valence-corrected chi connectivity index (χ3v) is 3.69. The summed E-state index contributed by atoms with van der Waals surface area (Å²) < 4.78 is 18.9. The van der Waals surface area contributed by atoms with Crippen LogP contribution in [0.5, 0.6) is 0 Å². The van der Waals surface area contributed by atoms with Crippen LogP contribution in [0.4, 0.5) is 4.39 Å². The monoisotopic (exact) mass is 276 g/mol. The highest BCUT2D eigenvalue weighted by Gasteiger charge is 2.26. The molecule has 0 spiro atoms. The fourth-order valence-electron chi connectivity index (χ4n) is 2.74. The maximum atomic E-state index is 13.4. The number of rotatable bonds is 1. The van der Waals surface area contributed by atoms with Crippen molar-refractivity contribution in [2.24, 2.45) is 0 Å². The Hall–Kier alpha value is -1.88. The number of fused-ring (bicyclic) bond motifs is 1. The molecule has 1 aliphatic heterocycles. The number of H-pyrrole nitrogens is 1. The zero-order valence-electron chi connectivity index (χ0n) is 11.6. The summed E-state index contributed by atoms with van der Waals surface area (Å²) in [4.78, 5) is 17.6. The quantitative estimate of drug-likeness (QED) is 0.869. The molecule has 1 aromatic carbocycles. The van der Waals surface area contributed by atoms with Crippen LogP contribution in [0.3, 0.4) is 0 Å². The lowest BCUT2D eigenvalue weighted by molar-refractivity contribution is -0.0123. The van der Waals surface area contributed by atoms with Crippen molar-refractivity contribution in [3.8, 4) is 0 Å². The van der Waals surface area contributed by atoms with E-state index in [1.165, 1.54) is 12.1 Å². The minimum atomic E-state index is -0.333. The number of morpholine rings is 1. The normalized spacial score (nSPS) is 19.6. The van der Waals surface area contributed by atoms with Gasteiger partial charge >= 0.3 is 0 Å². The lowest BCUT2D eigenvalue weighted by Crippen LogP contribution is -2.44. The van der Waals surface area contributed by atoms with Gasteiger partial charge in [0.05, 0.1) is 18.3 Å². The van der Waals surface area contributed by atoms with E-state index in [0.29, 0.717) is 30.6 Å².